The average molecular weight is 298 g/mol. The Morgan fingerprint density at radius 1 is 1.09 bits per heavy atom. The second-order valence-corrected chi connectivity index (χ2v) is 5.65. The molecule has 4 nitrogen and oxygen atoms in total. The Kier molecular flexibility index (Phi) is 4.71. The van der Waals surface area contributed by atoms with Crippen LogP contribution in [-0.4, -0.2) is 12.0 Å². The lowest BCUT2D eigenvalue weighted by molar-refractivity contribution is -0.122. The smallest absolute Gasteiger partial charge is 0.265 e. The number of amides is 1. The summed E-state index contributed by atoms with van der Waals surface area (Å²) in [6.07, 6.45) is -0.585. The van der Waals surface area contributed by atoms with E-state index >= 15 is 0 Å². The molecule has 0 saturated heterocycles. The number of hydrogen-bond acceptors (Lipinski definition) is 3. The van der Waals surface area contributed by atoms with Gasteiger partial charge in [-0.3, -0.25) is 4.79 Å². The SMILES string of the molecule is Cc1cc(C)cc(OC(C)C(=O)Nc2ccc(N)cc2C)c1. The molecule has 0 fully saturated rings. The molecule has 0 radical (unpaired) electrons. The van der Waals surface area contributed by atoms with Gasteiger partial charge in [0.05, 0.1) is 0 Å². The van der Waals surface area contributed by atoms with Crippen molar-refractivity contribution in [3.8, 4) is 5.75 Å². The van der Waals surface area contributed by atoms with Crippen molar-refractivity contribution in [2.75, 3.05) is 11.1 Å². The summed E-state index contributed by atoms with van der Waals surface area (Å²) in [6, 6.07) is 11.3. The summed E-state index contributed by atoms with van der Waals surface area (Å²) in [5.74, 6) is 0.515. The number of nitrogens with two attached hydrogens (primary N) is 1. The molecule has 0 aliphatic carbocycles. The van der Waals surface area contributed by atoms with Gasteiger partial charge >= 0.3 is 0 Å². The predicted molar refractivity (Wildman–Crippen MR) is 90.2 cm³/mol. The maximum absolute atomic E-state index is 12.3. The summed E-state index contributed by atoms with van der Waals surface area (Å²) < 4.78 is 5.74. The first-order chi connectivity index (χ1) is 10.3. The molecule has 0 aromatic heterocycles. The molecule has 3 N–H and O–H groups in total. The zero-order valence-electron chi connectivity index (χ0n) is 13.4. The number of rotatable bonds is 4. The van der Waals surface area contributed by atoms with E-state index in [0.29, 0.717) is 11.4 Å². The summed E-state index contributed by atoms with van der Waals surface area (Å²) in [6.45, 7) is 7.64. The topological polar surface area (TPSA) is 64.3 Å². The lowest BCUT2D eigenvalue weighted by atomic mass is 10.1. The van der Waals surface area contributed by atoms with Gasteiger partial charge in [0, 0.05) is 11.4 Å². The van der Waals surface area contributed by atoms with Gasteiger partial charge in [-0.2, -0.15) is 0 Å². The molecule has 2 aromatic rings. The fraction of sp³-hybridized carbons (Fsp3) is 0.278. The Bertz CT molecular complexity index is 675. The van der Waals surface area contributed by atoms with Crippen molar-refractivity contribution < 1.29 is 9.53 Å². The standard InChI is InChI=1S/C18H22N2O2/c1-11-7-12(2)9-16(8-11)22-14(4)18(21)20-17-6-5-15(19)10-13(17)3/h5-10,14H,19H2,1-4H3,(H,20,21). The Balaban J connectivity index is 2.05. The van der Waals surface area contributed by atoms with Gasteiger partial charge in [0.2, 0.25) is 0 Å². The van der Waals surface area contributed by atoms with Gasteiger partial charge in [0.15, 0.2) is 6.10 Å². The molecule has 2 aromatic carbocycles. The molecule has 0 aliphatic heterocycles. The second kappa shape index (κ2) is 6.52. The van der Waals surface area contributed by atoms with Crippen LogP contribution in [0.3, 0.4) is 0 Å². The van der Waals surface area contributed by atoms with Crippen LogP contribution in [0.2, 0.25) is 0 Å². The number of benzene rings is 2. The number of nitrogen functional groups attached to an aromatic ring is 1. The van der Waals surface area contributed by atoms with E-state index < -0.39 is 6.10 Å². The number of carbonyl (C=O) groups excluding carboxylic acids is 1. The van der Waals surface area contributed by atoms with Crippen LogP contribution in [0.1, 0.15) is 23.6 Å². The molecule has 0 bridgehead atoms. The van der Waals surface area contributed by atoms with E-state index in [0.717, 1.165) is 22.4 Å². The molecule has 4 heteroatoms. The van der Waals surface area contributed by atoms with E-state index in [-0.39, 0.29) is 5.91 Å². The van der Waals surface area contributed by atoms with Crippen LogP contribution in [0.4, 0.5) is 11.4 Å². The average Bonchev–Trinajstić information content (AvgIpc) is 2.40. The van der Waals surface area contributed by atoms with Gasteiger partial charge in [-0.05, 0) is 74.7 Å². The van der Waals surface area contributed by atoms with Gasteiger partial charge in [-0.1, -0.05) is 6.07 Å². The Labute approximate surface area is 131 Å². The molecule has 116 valence electrons. The Morgan fingerprint density at radius 3 is 2.32 bits per heavy atom. The van der Waals surface area contributed by atoms with Gasteiger partial charge in [0.25, 0.3) is 5.91 Å². The fourth-order valence-electron chi connectivity index (χ4n) is 2.32. The van der Waals surface area contributed by atoms with Crippen LogP contribution in [0.25, 0.3) is 0 Å². The lowest BCUT2D eigenvalue weighted by Crippen LogP contribution is -2.30. The maximum atomic E-state index is 12.3. The molecular formula is C18H22N2O2. The van der Waals surface area contributed by atoms with Crippen molar-refractivity contribution in [1.29, 1.82) is 0 Å². The maximum Gasteiger partial charge on any atom is 0.265 e. The Morgan fingerprint density at radius 2 is 1.73 bits per heavy atom. The van der Waals surface area contributed by atoms with Crippen LogP contribution in [0.5, 0.6) is 5.75 Å². The van der Waals surface area contributed by atoms with Crippen molar-refractivity contribution >= 4 is 17.3 Å². The number of hydrogen-bond donors (Lipinski definition) is 2. The third-order valence-corrected chi connectivity index (χ3v) is 3.39. The number of aryl methyl sites for hydroxylation is 3. The number of anilines is 2. The minimum absolute atomic E-state index is 0.188. The Hall–Kier alpha value is -2.49. The van der Waals surface area contributed by atoms with Gasteiger partial charge in [-0.25, -0.2) is 0 Å². The molecule has 1 unspecified atom stereocenters. The molecule has 1 atom stereocenters. The van der Waals surface area contributed by atoms with Crippen LogP contribution in [-0.2, 0) is 4.79 Å². The molecular weight excluding hydrogens is 276 g/mol. The minimum Gasteiger partial charge on any atom is -0.481 e. The van der Waals surface area contributed by atoms with E-state index in [1.54, 1.807) is 19.1 Å². The fourth-order valence-corrected chi connectivity index (χ4v) is 2.32. The summed E-state index contributed by atoms with van der Waals surface area (Å²) in [7, 11) is 0. The first-order valence-corrected chi connectivity index (χ1v) is 7.27. The minimum atomic E-state index is -0.585. The highest BCUT2D eigenvalue weighted by Crippen LogP contribution is 2.20. The first-order valence-electron chi connectivity index (χ1n) is 7.27. The van der Waals surface area contributed by atoms with Gasteiger partial charge in [-0.15, -0.1) is 0 Å². The quantitative estimate of drug-likeness (QED) is 0.848. The molecule has 0 spiro atoms. The second-order valence-electron chi connectivity index (χ2n) is 5.65. The van der Waals surface area contributed by atoms with Crippen molar-refractivity contribution in [3.63, 3.8) is 0 Å². The van der Waals surface area contributed by atoms with Crippen molar-refractivity contribution in [1.82, 2.24) is 0 Å². The van der Waals surface area contributed by atoms with E-state index in [1.807, 2.05) is 39.0 Å². The van der Waals surface area contributed by atoms with E-state index in [4.69, 9.17) is 10.5 Å². The normalized spacial score (nSPS) is 11.8. The lowest BCUT2D eigenvalue weighted by Gasteiger charge is -2.16. The third kappa shape index (κ3) is 4.01. The van der Waals surface area contributed by atoms with Crippen LogP contribution >= 0.6 is 0 Å². The van der Waals surface area contributed by atoms with Gasteiger partial charge < -0.3 is 15.8 Å². The van der Waals surface area contributed by atoms with Crippen LogP contribution in [0.15, 0.2) is 36.4 Å². The van der Waals surface area contributed by atoms with E-state index in [2.05, 4.69) is 11.4 Å². The molecule has 2 rings (SSSR count). The summed E-state index contributed by atoms with van der Waals surface area (Å²) in [4.78, 5) is 12.3. The number of carbonyl (C=O) groups is 1. The summed E-state index contributed by atoms with van der Waals surface area (Å²) in [5.41, 5.74) is 10.3. The first kappa shape index (κ1) is 15.9. The zero-order valence-corrected chi connectivity index (χ0v) is 13.4. The molecule has 1 amide bonds. The largest absolute Gasteiger partial charge is 0.481 e. The number of nitrogens with one attached hydrogen (secondary N) is 1. The molecule has 0 heterocycles. The molecule has 0 aliphatic rings. The predicted octanol–water partition coefficient (Wildman–Crippen LogP) is 3.60. The molecule has 22 heavy (non-hydrogen) atoms. The van der Waals surface area contributed by atoms with Crippen molar-refractivity contribution in [3.05, 3.63) is 53.1 Å². The summed E-state index contributed by atoms with van der Waals surface area (Å²) in [5, 5.41) is 2.87. The molecule has 0 saturated carbocycles. The monoisotopic (exact) mass is 298 g/mol. The van der Waals surface area contributed by atoms with Crippen molar-refractivity contribution in [2.45, 2.75) is 33.8 Å². The highest BCUT2D eigenvalue weighted by Gasteiger charge is 2.16. The zero-order chi connectivity index (χ0) is 16.3. The van der Waals surface area contributed by atoms with E-state index in [1.165, 1.54) is 0 Å². The highest BCUT2D eigenvalue weighted by molar-refractivity contribution is 5.95. The van der Waals surface area contributed by atoms with Crippen molar-refractivity contribution in [2.24, 2.45) is 0 Å². The van der Waals surface area contributed by atoms with Crippen LogP contribution in [0, 0.1) is 20.8 Å². The number of ether oxygens (including phenoxy) is 1. The van der Waals surface area contributed by atoms with Crippen LogP contribution < -0.4 is 15.8 Å². The summed E-state index contributed by atoms with van der Waals surface area (Å²) >= 11 is 0. The third-order valence-electron chi connectivity index (χ3n) is 3.39. The van der Waals surface area contributed by atoms with Gasteiger partial charge in [0.1, 0.15) is 5.75 Å². The van der Waals surface area contributed by atoms with E-state index in [9.17, 15) is 4.79 Å². The highest BCUT2D eigenvalue weighted by atomic mass is 16.5.